The van der Waals surface area contributed by atoms with Gasteiger partial charge in [0.05, 0.1) is 24.0 Å². The van der Waals surface area contributed by atoms with E-state index in [9.17, 15) is 15.3 Å². The van der Waals surface area contributed by atoms with Crippen molar-refractivity contribution >= 4 is 16.9 Å². The molecule has 1 unspecified atom stereocenters. The molecule has 20 heavy (non-hydrogen) atoms. The molecular formula is C13H18N4O3. The highest BCUT2D eigenvalue weighted by atomic mass is 16.3. The molecular weight excluding hydrogens is 260 g/mol. The number of aromatic nitrogens is 3. The summed E-state index contributed by atoms with van der Waals surface area (Å²) in [5.41, 5.74) is 1.57. The van der Waals surface area contributed by atoms with Gasteiger partial charge in [-0.2, -0.15) is 0 Å². The van der Waals surface area contributed by atoms with Crippen LogP contribution in [-0.4, -0.2) is 55.7 Å². The van der Waals surface area contributed by atoms with E-state index in [-0.39, 0.29) is 18.6 Å². The Kier molecular flexibility index (Phi) is 3.33. The largest absolute Gasteiger partial charge is 0.396 e. The second kappa shape index (κ2) is 5.01. The van der Waals surface area contributed by atoms with Gasteiger partial charge in [0.15, 0.2) is 5.82 Å². The van der Waals surface area contributed by atoms with E-state index in [0.29, 0.717) is 12.2 Å². The van der Waals surface area contributed by atoms with E-state index in [0.717, 1.165) is 11.0 Å². The topological polar surface area (TPSA) is 103 Å². The van der Waals surface area contributed by atoms with E-state index in [2.05, 4.69) is 15.3 Å². The zero-order valence-corrected chi connectivity index (χ0v) is 11.1. The standard InChI is InChI=1S/C13H18N4O3/c1-14-13-10-8(2-3-15-13)17(6-16-10)9-4-7(5-18)11(19)12(9)20/h2-3,6-7,9,11-12,18-20H,4-5H2,1H3,(H,14,15)/t7?,9-,11-,12+/m1/s1. The minimum absolute atomic E-state index is 0.134. The maximum atomic E-state index is 10.2. The van der Waals surface area contributed by atoms with Crippen molar-refractivity contribution in [3.05, 3.63) is 18.6 Å². The van der Waals surface area contributed by atoms with Gasteiger partial charge in [0, 0.05) is 25.8 Å². The van der Waals surface area contributed by atoms with Gasteiger partial charge in [-0.25, -0.2) is 9.97 Å². The lowest BCUT2D eigenvalue weighted by molar-refractivity contribution is -0.00365. The van der Waals surface area contributed by atoms with Crippen LogP contribution >= 0.6 is 0 Å². The zero-order chi connectivity index (χ0) is 14.3. The molecule has 1 aliphatic rings. The number of rotatable bonds is 3. The number of aliphatic hydroxyl groups is 3. The Labute approximate surface area is 115 Å². The molecule has 7 nitrogen and oxygen atoms in total. The van der Waals surface area contributed by atoms with Gasteiger partial charge >= 0.3 is 0 Å². The number of aliphatic hydroxyl groups excluding tert-OH is 3. The quantitative estimate of drug-likeness (QED) is 0.617. The van der Waals surface area contributed by atoms with Crippen molar-refractivity contribution < 1.29 is 15.3 Å². The molecule has 1 aliphatic carbocycles. The normalized spacial score (nSPS) is 30.0. The van der Waals surface area contributed by atoms with Crippen LogP contribution < -0.4 is 5.32 Å². The van der Waals surface area contributed by atoms with Gasteiger partial charge < -0.3 is 25.2 Å². The van der Waals surface area contributed by atoms with Crippen LogP contribution in [0.5, 0.6) is 0 Å². The smallest absolute Gasteiger partial charge is 0.153 e. The number of imidazole rings is 1. The highest BCUT2D eigenvalue weighted by Crippen LogP contribution is 2.37. The first-order valence-corrected chi connectivity index (χ1v) is 6.63. The summed E-state index contributed by atoms with van der Waals surface area (Å²) in [5, 5.41) is 32.3. The number of hydrogen-bond donors (Lipinski definition) is 4. The van der Waals surface area contributed by atoms with Crippen molar-refractivity contribution in [3.63, 3.8) is 0 Å². The van der Waals surface area contributed by atoms with Crippen LogP contribution in [0, 0.1) is 5.92 Å². The summed E-state index contributed by atoms with van der Waals surface area (Å²) >= 11 is 0. The summed E-state index contributed by atoms with van der Waals surface area (Å²) in [7, 11) is 1.77. The van der Waals surface area contributed by atoms with E-state index in [1.54, 1.807) is 19.6 Å². The highest BCUT2D eigenvalue weighted by Gasteiger charge is 2.42. The van der Waals surface area contributed by atoms with Crippen molar-refractivity contribution in [1.82, 2.24) is 14.5 Å². The van der Waals surface area contributed by atoms with Crippen LogP contribution in [0.2, 0.25) is 0 Å². The highest BCUT2D eigenvalue weighted by molar-refractivity contribution is 5.85. The average Bonchev–Trinajstić information content (AvgIpc) is 3.01. The Hall–Kier alpha value is -1.70. The molecule has 0 radical (unpaired) electrons. The summed E-state index contributed by atoms with van der Waals surface area (Å²) in [6.45, 7) is -0.134. The third-order valence-corrected chi connectivity index (χ3v) is 4.09. The van der Waals surface area contributed by atoms with Crippen LogP contribution in [0.25, 0.3) is 11.0 Å². The summed E-state index contributed by atoms with van der Waals surface area (Å²) in [5.74, 6) is 0.367. The molecule has 7 heteroatoms. The Morgan fingerprint density at radius 1 is 1.35 bits per heavy atom. The Balaban J connectivity index is 2.03. The molecule has 0 spiro atoms. The van der Waals surface area contributed by atoms with E-state index < -0.39 is 12.2 Å². The second-order valence-corrected chi connectivity index (χ2v) is 5.16. The lowest BCUT2D eigenvalue weighted by Crippen LogP contribution is -2.30. The third-order valence-electron chi connectivity index (χ3n) is 4.09. The minimum atomic E-state index is -0.909. The average molecular weight is 278 g/mol. The maximum absolute atomic E-state index is 10.2. The van der Waals surface area contributed by atoms with Gasteiger partial charge in [-0.15, -0.1) is 0 Å². The van der Waals surface area contributed by atoms with Crippen LogP contribution in [0.4, 0.5) is 5.82 Å². The molecule has 0 amide bonds. The first-order chi connectivity index (χ1) is 9.67. The molecule has 0 saturated heterocycles. The third kappa shape index (κ3) is 1.86. The molecule has 2 aromatic rings. The first kappa shape index (κ1) is 13.3. The van der Waals surface area contributed by atoms with Crippen molar-refractivity contribution in [2.45, 2.75) is 24.7 Å². The SMILES string of the molecule is CNc1nccc2c1ncn2[C@@H]1CC(CO)[C@@H](O)[C@H]1O. The fourth-order valence-corrected chi connectivity index (χ4v) is 2.96. The molecule has 0 bridgehead atoms. The van der Waals surface area contributed by atoms with Crippen molar-refractivity contribution in [2.24, 2.45) is 5.92 Å². The van der Waals surface area contributed by atoms with Crippen molar-refractivity contribution in [2.75, 3.05) is 19.0 Å². The fourth-order valence-electron chi connectivity index (χ4n) is 2.96. The molecule has 108 valence electrons. The monoisotopic (exact) mass is 278 g/mol. The molecule has 0 aromatic carbocycles. The lowest BCUT2D eigenvalue weighted by atomic mass is 10.1. The van der Waals surface area contributed by atoms with Gasteiger partial charge in [-0.3, -0.25) is 0 Å². The Morgan fingerprint density at radius 2 is 2.15 bits per heavy atom. The number of nitrogens with one attached hydrogen (secondary N) is 1. The molecule has 3 rings (SSSR count). The number of fused-ring (bicyclic) bond motifs is 1. The van der Waals surface area contributed by atoms with Gasteiger partial charge in [-0.05, 0) is 12.5 Å². The number of hydrogen-bond acceptors (Lipinski definition) is 6. The molecule has 1 fully saturated rings. The van der Waals surface area contributed by atoms with E-state index in [1.165, 1.54) is 0 Å². The summed E-state index contributed by atoms with van der Waals surface area (Å²) in [6, 6.07) is 1.54. The minimum Gasteiger partial charge on any atom is -0.396 e. The fraction of sp³-hybridized carbons (Fsp3) is 0.538. The second-order valence-electron chi connectivity index (χ2n) is 5.16. The summed E-state index contributed by atoms with van der Waals surface area (Å²) in [6.07, 6.45) is 2.02. The van der Waals surface area contributed by atoms with Crippen LogP contribution in [0.1, 0.15) is 12.5 Å². The molecule has 2 heterocycles. The van der Waals surface area contributed by atoms with Crippen LogP contribution in [0.15, 0.2) is 18.6 Å². The van der Waals surface area contributed by atoms with Gasteiger partial charge in [-0.1, -0.05) is 0 Å². The maximum Gasteiger partial charge on any atom is 0.153 e. The first-order valence-electron chi connectivity index (χ1n) is 6.63. The van der Waals surface area contributed by atoms with Gasteiger partial charge in [0.2, 0.25) is 0 Å². The summed E-state index contributed by atoms with van der Waals surface area (Å²) in [4.78, 5) is 8.52. The van der Waals surface area contributed by atoms with Gasteiger partial charge in [0.25, 0.3) is 0 Å². The summed E-state index contributed by atoms with van der Waals surface area (Å²) < 4.78 is 1.85. The number of pyridine rings is 1. The number of nitrogens with zero attached hydrogens (tertiary/aromatic N) is 3. The predicted octanol–water partition coefficient (Wildman–Crippen LogP) is -0.252. The van der Waals surface area contributed by atoms with Crippen molar-refractivity contribution in [1.29, 1.82) is 0 Å². The molecule has 4 N–H and O–H groups in total. The number of anilines is 1. The molecule has 1 saturated carbocycles. The Bertz CT molecular complexity index is 615. The van der Waals surface area contributed by atoms with Gasteiger partial charge in [0.1, 0.15) is 11.6 Å². The van der Waals surface area contributed by atoms with Crippen LogP contribution in [0.3, 0.4) is 0 Å². The van der Waals surface area contributed by atoms with E-state index >= 15 is 0 Å². The molecule has 2 aromatic heterocycles. The zero-order valence-electron chi connectivity index (χ0n) is 11.1. The Morgan fingerprint density at radius 3 is 2.80 bits per heavy atom. The lowest BCUT2D eigenvalue weighted by Gasteiger charge is -2.18. The van der Waals surface area contributed by atoms with E-state index in [1.807, 2.05) is 10.6 Å². The van der Waals surface area contributed by atoms with E-state index in [4.69, 9.17) is 0 Å². The molecule has 0 aliphatic heterocycles. The predicted molar refractivity (Wildman–Crippen MR) is 73.3 cm³/mol. The van der Waals surface area contributed by atoms with Crippen molar-refractivity contribution in [3.8, 4) is 0 Å². The van der Waals surface area contributed by atoms with Crippen LogP contribution in [-0.2, 0) is 0 Å². The molecule has 4 atom stereocenters.